The second-order valence-corrected chi connectivity index (χ2v) is 5.11. The highest BCUT2D eigenvalue weighted by Gasteiger charge is 2.08. The first-order valence-electron chi connectivity index (χ1n) is 3.53. The van der Waals surface area contributed by atoms with E-state index < -0.39 is 15.4 Å². The van der Waals surface area contributed by atoms with Gasteiger partial charge >= 0.3 is 0 Å². The number of hydrogen-bond donors (Lipinski definition) is 1. The number of alkyl halides is 1. The molecule has 0 fully saturated rings. The summed E-state index contributed by atoms with van der Waals surface area (Å²) in [6.45, 7) is 0. The van der Waals surface area contributed by atoms with Crippen molar-refractivity contribution < 1.29 is 13.5 Å². The molecule has 0 aliphatic heterocycles. The molecule has 0 aliphatic carbocycles. The minimum atomic E-state index is -3.17. The summed E-state index contributed by atoms with van der Waals surface area (Å²) in [6, 6.07) is 5.79. The molecule has 13 heavy (non-hydrogen) atoms. The van der Waals surface area contributed by atoms with Crippen molar-refractivity contribution in [3.05, 3.63) is 29.8 Å². The van der Waals surface area contributed by atoms with E-state index in [9.17, 15) is 8.42 Å². The average molecular weight is 221 g/mol. The molecule has 0 amide bonds. The van der Waals surface area contributed by atoms with Gasteiger partial charge in [0.2, 0.25) is 0 Å². The molecule has 0 aliphatic rings. The third-order valence-electron chi connectivity index (χ3n) is 1.58. The number of aliphatic hydroxyl groups is 1. The summed E-state index contributed by atoms with van der Waals surface area (Å²) < 4.78 is 22.0. The van der Waals surface area contributed by atoms with Crippen molar-refractivity contribution in [3.63, 3.8) is 0 Å². The van der Waals surface area contributed by atoms with E-state index in [0.717, 1.165) is 6.26 Å². The standard InChI is InChI=1S/C8H9ClO3S/c1-13(11,12)7-4-2-6(3-5-7)8(9)10/h2-5,8,10H,1H3. The summed E-state index contributed by atoms with van der Waals surface area (Å²) in [5.74, 6) is 0. The quantitative estimate of drug-likeness (QED) is 0.765. The number of benzene rings is 1. The molecule has 0 spiro atoms. The number of sulfone groups is 1. The fourth-order valence-electron chi connectivity index (χ4n) is 0.874. The molecule has 1 N–H and O–H groups in total. The summed E-state index contributed by atoms with van der Waals surface area (Å²) in [6.07, 6.45) is 1.12. The monoisotopic (exact) mass is 220 g/mol. The van der Waals surface area contributed by atoms with Crippen molar-refractivity contribution in [2.24, 2.45) is 0 Å². The molecule has 0 saturated heterocycles. The molecule has 3 nitrogen and oxygen atoms in total. The Labute approximate surface area is 81.9 Å². The fraction of sp³-hybridized carbons (Fsp3) is 0.250. The van der Waals surface area contributed by atoms with Crippen LogP contribution in [0.15, 0.2) is 29.2 Å². The SMILES string of the molecule is CS(=O)(=O)c1ccc(C(O)Cl)cc1. The lowest BCUT2D eigenvalue weighted by Crippen LogP contribution is -1.97. The van der Waals surface area contributed by atoms with Gasteiger partial charge in [-0.2, -0.15) is 0 Å². The summed E-state index contributed by atoms with van der Waals surface area (Å²) in [7, 11) is -3.17. The Morgan fingerprint density at radius 3 is 2.08 bits per heavy atom. The molecule has 0 saturated carbocycles. The minimum absolute atomic E-state index is 0.216. The Hall–Kier alpha value is -0.580. The molecule has 1 rings (SSSR count). The zero-order valence-electron chi connectivity index (χ0n) is 6.94. The maximum atomic E-state index is 11.0. The van der Waals surface area contributed by atoms with Gasteiger partial charge in [-0.3, -0.25) is 0 Å². The van der Waals surface area contributed by atoms with Crippen molar-refractivity contribution in [1.29, 1.82) is 0 Å². The first-order valence-corrected chi connectivity index (χ1v) is 5.86. The normalized spacial score (nSPS) is 14.1. The van der Waals surface area contributed by atoms with Gasteiger partial charge < -0.3 is 5.11 Å². The van der Waals surface area contributed by atoms with Gasteiger partial charge in [0.05, 0.1) is 4.90 Å². The van der Waals surface area contributed by atoms with E-state index in [2.05, 4.69) is 0 Å². The van der Waals surface area contributed by atoms with E-state index in [4.69, 9.17) is 16.7 Å². The Morgan fingerprint density at radius 2 is 1.77 bits per heavy atom. The van der Waals surface area contributed by atoms with Crippen LogP contribution in [0.1, 0.15) is 11.1 Å². The van der Waals surface area contributed by atoms with E-state index in [1.165, 1.54) is 24.3 Å². The maximum Gasteiger partial charge on any atom is 0.175 e. The van der Waals surface area contributed by atoms with Crippen LogP contribution in [0.3, 0.4) is 0 Å². The fourth-order valence-corrected chi connectivity index (χ4v) is 1.65. The van der Waals surface area contributed by atoms with Gasteiger partial charge in [-0.15, -0.1) is 0 Å². The predicted molar refractivity (Wildman–Crippen MR) is 50.4 cm³/mol. The highest BCUT2D eigenvalue weighted by atomic mass is 35.5. The van der Waals surface area contributed by atoms with E-state index >= 15 is 0 Å². The Kier molecular flexibility index (Phi) is 2.95. The maximum absolute atomic E-state index is 11.0. The van der Waals surface area contributed by atoms with Gasteiger partial charge in [0.15, 0.2) is 15.4 Å². The van der Waals surface area contributed by atoms with Crippen LogP contribution >= 0.6 is 11.6 Å². The zero-order chi connectivity index (χ0) is 10.1. The van der Waals surface area contributed by atoms with Gasteiger partial charge in [0, 0.05) is 6.26 Å². The van der Waals surface area contributed by atoms with E-state index in [1.807, 2.05) is 0 Å². The van der Waals surface area contributed by atoms with E-state index in [-0.39, 0.29) is 4.90 Å². The Morgan fingerprint density at radius 1 is 1.31 bits per heavy atom. The second kappa shape index (κ2) is 3.65. The van der Waals surface area contributed by atoms with Crippen molar-refractivity contribution in [2.45, 2.75) is 10.5 Å². The molecule has 1 atom stereocenters. The Bertz CT molecular complexity index is 380. The smallest absolute Gasteiger partial charge is 0.175 e. The van der Waals surface area contributed by atoms with Crippen LogP contribution in [0.25, 0.3) is 0 Å². The minimum Gasteiger partial charge on any atom is -0.373 e. The van der Waals surface area contributed by atoms with Crippen molar-refractivity contribution in [3.8, 4) is 0 Å². The van der Waals surface area contributed by atoms with Crippen LogP contribution in [0.2, 0.25) is 0 Å². The van der Waals surface area contributed by atoms with Crippen molar-refractivity contribution in [1.82, 2.24) is 0 Å². The molecule has 1 unspecified atom stereocenters. The summed E-state index contributed by atoms with van der Waals surface area (Å²) in [4.78, 5) is 0.216. The number of halogens is 1. The molecule has 0 aromatic heterocycles. The Balaban J connectivity index is 3.08. The van der Waals surface area contributed by atoms with Gasteiger partial charge in [-0.1, -0.05) is 23.7 Å². The number of hydrogen-bond acceptors (Lipinski definition) is 3. The highest BCUT2D eigenvalue weighted by Crippen LogP contribution is 2.18. The predicted octanol–water partition coefficient (Wildman–Crippen LogP) is 1.32. The third kappa shape index (κ3) is 2.69. The van der Waals surface area contributed by atoms with Crippen molar-refractivity contribution in [2.75, 3.05) is 6.26 Å². The molecule has 1 aromatic rings. The van der Waals surface area contributed by atoms with Crippen LogP contribution in [-0.4, -0.2) is 19.8 Å². The first kappa shape index (κ1) is 10.5. The van der Waals surface area contributed by atoms with E-state index in [0.29, 0.717) is 5.56 Å². The van der Waals surface area contributed by atoms with Crippen LogP contribution in [0, 0.1) is 0 Å². The van der Waals surface area contributed by atoms with Gasteiger partial charge in [0.25, 0.3) is 0 Å². The lowest BCUT2D eigenvalue weighted by molar-refractivity contribution is 0.263. The zero-order valence-corrected chi connectivity index (χ0v) is 8.51. The number of rotatable bonds is 2. The lowest BCUT2D eigenvalue weighted by atomic mass is 10.2. The largest absolute Gasteiger partial charge is 0.373 e. The molecule has 0 heterocycles. The molecule has 1 aromatic carbocycles. The van der Waals surface area contributed by atoms with Crippen LogP contribution in [0.4, 0.5) is 0 Å². The van der Waals surface area contributed by atoms with E-state index in [1.54, 1.807) is 0 Å². The highest BCUT2D eigenvalue weighted by molar-refractivity contribution is 7.90. The average Bonchev–Trinajstić information content (AvgIpc) is 2.03. The van der Waals surface area contributed by atoms with Gasteiger partial charge in [0.1, 0.15) is 0 Å². The first-order chi connectivity index (χ1) is 5.91. The molecule has 0 radical (unpaired) electrons. The topological polar surface area (TPSA) is 54.4 Å². The van der Waals surface area contributed by atoms with Crippen LogP contribution in [0.5, 0.6) is 0 Å². The third-order valence-corrected chi connectivity index (χ3v) is 2.96. The lowest BCUT2D eigenvalue weighted by Gasteiger charge is -2.03. The van der Waals surface area contributed by atoms with Crippen LogP contribution in [-0.2, 0) is 9.84 Å². The summed E-state index contributed by atoms with van der Waals surface area (Å²) in [5.41, 5.74) is -0.609. The van der Waals surface area contributed by atoms with Gasteiger partial charge in [-0.05, 0) is 17.7 Å². The van der Waals surface area contributed by atoms with Crippen LogP contribution < -0.4 is 0 Å². The molecule has 5 heteroatoms. The second-order valence-electron chi connectivity index (χ2n) is 2.68. The number of aliphatic hydroxyl groups excluding tert-OH is 1. The molecule has 0 bridgehead atoms. The molecular weight excluding hydrogens is 212 g/mol. The summed E-state index contributed by atoms with van der Waals surface area (Å²) >= 11 is 5.38. The van der Waals surface area contributed by atoms with Crippen molar-refractivity contribution >= 4 is 21.4 Å². The van der Waals surface area contributed by atoms with Gasteiger partial charge in [-0.25, -0.2) is 8.42 Å². The molecule has 72 valence electrons. The molecular formula is C8H9ClO3S. The summed E-state index contributed by atoms with van der Waals surface area (Å²) in [5, 5.41) is 8.93.